The van der Waals surface area contributed by atoms with Gasteiger partial charge in [0.15, 0.2) is 11.6 Å². The monoisotopic (exact) mass is 367 g/mol. The zero-order valence-corrected chi connectivity index (χ0v) is 14.8. The van der Waals surface area contributed by atoms with E-state index in [0.29, 0.717) is 30.2 Å². The number of carbonyl (C=O) groups excluding carboxylic acids is 1. The molecule has 0 aliphatic carbocycles. The molecule has 0 radical (unpaired) electrons. The number of hydrogen-bond donors (Lipinski definition) is 1. The Morgan fingerprint density at radius 3 is 2.37 bits per heavy atom. The fourth-order valence-electron chi connectivity index (χ4n) is 2.63. The van der Waals surface area contributed by atoms with Crippen LogP contribution in [-0.2, 0) is 6.54 Å². The van der Waals surface area contributed by atoms with E-state index in [4.69, 9.17) is 0 Å². The van der Waals surface area contributed by atoms with Gasteiger partial charge in [0.1, 0.15) is 5.69 Å². The molecule has 0 atom stereocenters. The minimum atomic E-state index is -0.931. The second-order valence-corrected chi connectivity index (χ2v) is 5.99. The van der Waals surface area contributed by atoms with Gasteiger partial charge in [-0.25, -0.2) is 13.8 Å². The lowest BCUT2D eigenvalue weighted by molar-refractivity contribution is 0.0746. The summed E-state index contributed by atoms with van der Waals surface area (Å²) in [5, 5.41) is 2.93. The summed E-state index contributed by atoms with van der Waals surface area (Å²) in [5.41, 5.74) is 2.34. The highest BCUT2D eigenvalue weighted by Crippen LogP contribution is 2.19. The first kappa shape index (κ1) is 18.5. The van der Waals surface area contributed by atoms with Crippen LogP contribution in [0.2, 0.25) is 0 Å². The summed E-state index contributed by atoms with van der Waals surface area (Å²) in [6.07, 6.45) is 1.49. The fourth-order valence-corrected chi connectivity index (χ4v) is 2.63. The van der Waals surface area contributed by atoms with Gasteiger partial charge in [0.25, 0.3) is 5.91 Å². The highest BCUT2D eigenvalue weighted by Gasteiger charge is 2.16. The normalized spacial score (nSPS) is 10.5. The third-order valence-electron chi connectivity index (χ3n) is 4.08. The van der Waals surface area contributed by atoms with Crippen LogP contribution in [0.4, 0.5) is 20.2 Å². The summed E-state index contributed by atoms with van der Waals surface area (Å²) in [4.78, 5) is 18.6. The van der Waals surface area contributed by atoms with Crippen LogP contribution in [0, 0.1) is 11.6 Å². The van der Waals surface area contributed by atoms with Gasteiger partial charge in [-0.05, 0) is 36.8 Å². The average molecular weight is 367 g/mol. The molecule has 3 rings (SSSR count). The maximum atomic E-state index is 13.3. The van der Waals surface area contributed by atoms with Crippen molar-refractivity contribution >= 4 is 17.3 Å². The largest absolute Gasteiger partial charge is 0.354 e. The number of hydrogen-bond acceptors (Lipinski definition) is 3. The zero-order chi connectivity index (χ0) is 19.2. The van der Waals surface area contributed by atoms with Gasteiger partial charge < -0.3 is 10.2 Å². The maximum absolute atomic E-state index is 13.3. The molecule has 1 heterocycles. The molecular formula is C21H19F2N3O. The van der Waals surface area contributed by atoms with Crippen molar-refractivity contribution in [1.82, 2.24) is 9.88 Å². The molecule has 0 saturated heterocycles. The number of amides is 1. The smallest absolute Gasteiger partial charge is 0.272 e. The number of carbonyl (C=O) groups is 1. The summed E-state index contributed by atoms with van der Waals surface area (Å²) in [6.45, 7) is 2.98. The number of nitrogens with one attached hydrogen (secondary N) is 1. The molecule has 0 unspecified atom stereocenters. The molecule has 1 aromatic heterocycles. The Bertz CT molecular complexity index is 914. The minimum absolute atomic E-state index is 0.166. The van der Waals surface area contributed by atoms with Gasteiger partial charge in [0, 0.05) is 24.8 Å². The van der Waals surface area contributed by atoms with Gasteiger partial charge in [-0.2, -0.15) is 0 Å². The summed E-state index contributed by atoms with van der Waals surface area (Å²) >= 11 is 0. The first-order valence-corrected chi connectivity index (χ1v) is 8.58. The lowest BCUT2D eigenvalue weighted by Crippen LogP contribution is -2.30. The van der Waals surface area contributed by atoms with Gasteiger partial charge >= 0.3 is 0 Å². The molecule has 138 valence electrons. The van der Waals surface area contributed by atoms with E-state index in [1.807, 2.05) is 37.3 Å². The lowest BCUT2D eigenvalue weighted by atomic mass is 10.2. The van der Waals surface area contributed by atoms with Crippen LogP contribution < -0.4 is 5.32 Å². The molecule has 2 aromatic carbocycles. The molecule has 0 bridgehead atoms. The topological polar surface area (TPSA) is 45.2 Å². The Morgan fingerprint density at radius 2 is 1.74 bits per heavy atom. The van der Waals surface area contributed by atoms with E-state index in [2.05, 4.69) is 10.3 Å². The summed E-state index contributed by atoms with van der Waals surface area (Å²) < 4.78 is 26.3. The van der Waals surface area contributed by atoms with Crippen LogP contribution in [0.15, 0.2) is 66.9 Å². The second kappa shape index (κ2) is 8.40. The van der Waals surface area contributed by atoms with E-state index in [1.54, 1.807) is 17.0 Å². The average Bonchev–Trinajstić information content (AvgIpc) is 2.70. The third kappa shape index (κ3) is 4.67. The number of benzene rings is 2. The van der Waals surface area contributed by atoms with Crippen molar-refractivity contribution in [2.24, 2.45) is 0 Å². The number of nitrogens with zero attached hydrogens (tertiary/aromatic N) is 2. The number of halogens is 2. The predicted molar refractivity (Wildman–Crippen MR) is 101 cm³/mol. The van der Waals surface area contributed by atoms with Crippen LogP contribution in [-0.4, -0.2) is 22.3 Å². The number of rotatable bonds is 6. The van der Waals surface area contributed by atoms with Crippen molar-refractivity contribution in [3.63, 3.8) is 0 Å². The van der Waals surface area contributed by atoms with Crippen molar-refractivity contribution in [3.8, 4) is 0 Å². The molecule has 0 saturated carbocycles. The Hall–Kier alpha value is -3.28. The first-order chi connectivity index (χ1) is 13.1. The minimum Gasteiger partial charge on any atom is -0.354 e. The number of pyridine rings is 1. The van der Waals surface area contributed by atoms with E-state index in [-0.39, 0.29) is 5.91 Å². The molecule has 27 heavy (non-hydrogen) atoms. The van der Waals surface area contributed by atoms with E-state index in [9.17, 15) is 13.6 Å². The Morgan fingerprint density at radius 1 is 1.00 bits per heavy atom. The quantitative estimate of drug-likeness (QED) is 0.683. The van der Waals surface area contributed by atoms with Gasteiger partial charge in [0.2, 0.25) is 0 Å². The Balaban J connectivity index is 1.69. The number of aromatic nitrogens is 1. The van der Waals surface area contributed by atoms with Crippen molar-refractivity contribution in [2.45, 2.75) is 13.5 Å². The predicted octanol–water partition coefficient (Wildman–Crippen LogP) is 4.77. The van der Waals surface area contributed by atoms with E-state index >= 15 is 0 Å². The summed E-state index contributed by atoms with van der Waals surface area (Å²) in [7, 11) is 0. The van der Waals surface area contributed by atoms with Crippen LogP contribution >= 0.6 is 0 Å². The molecule has 3 aromatic rings. The van der Waals surface area contributed by atoms with Crippen LogP contribution in [0.1, 0.15) is 23.0 Å². The third-order valence-corrected chi connectivity index (χ3v) is 4.08. The Labute approximate surface area is 156 Å². The van der Waals surface area contributed by atoms with Gasteiger partial charge in [-0.1, -0.05) is 30.3 Å². The standard InChI is InChI=1S/C21H19F2N3O/c1-2-26(14-15-6-4-3-5-7-15)21(27)20-11-9-17(13-24-20)25-16-8-10-18(22)19(23)12-16/h3-13,25H,2,14H2,1H3. The molecule has 1 N–H and O–H groups in total. The van der Waals surface area contributed by atoms with Crippen molar-refractivity contribution in [2.75, 3.05) is 11.9 Å². The van der Waals surface area contributed by atoms with Crippen molar-refractivity contribution in [3.05, 3.63) is 89.8 Å². The molecule has 0 fully saturated rings. The van der Waals surface area contributed by atoms with E-state index in [0.717, 1.165) is 17.7 Å². The zero-order valence-electron chi connectivity index (χ0n) is 14.8. The first-order valence-electron chi connectivity index (χ1n) is 8.58. The lowest BCUT2D eigenvalue weighted by Gasteiger charge is -2.20. The van der Waals surface area contributed by atoms with Crippen molar-refractivity contribution < 1.29 is 13.6 Å². The number of anilines is 2. The van der Waals surface area contributed by atoms with Crippen LogP contribution in [0.5, 0.6) is 0 Å². The molecule has 4 nitrogen and oxygen atoms in total. The second-order valence-electron chi connectivity index (χ2n) is 5.99. The molecule has 6 heteroatoms. The molecule has 0 aliphatic heterocycles. The highest BCUT2D eigenvalue weighted by molar-refractivity contribution is 5.92. The van der Waals surface area contributed by atoms with Crippen LogP contribution in [0.25, 0.3) is 0 Å². The van der Waals surface area contributed by atoms with Crippen molar-refractivity contribution in [1.29, 1.82) is 0 Å². The molecule has 1 amide bonds. The highest BCUT2D eigenvalue weighted by atomic mass is 19.2. The molecule has 0 aliphatic rings. The molecule has 0 spiro atoms. The molecular weight excluding hydrogens is 348 g/mol. The van der Waals surface area contributed by atoms with Gasteiger partial charge in [0.05, 0.1) is 11.9 Å². The van der Waals surface area contributed by atoms with E-state index in [1.165, 1.54) is 12.3 Å². The van der Waals surface area contributed by atoms with E-state index < -0.39 is 11.6 Å². The fraction of sp³-hybridized carbons (Fsp3) is 0.143. The maximum Gasteiger partial charge on any atom is 0.272 e. The van der Waals surface area contributed by atoms with Gasteiger partial charge in [-0.15, -0.1) is 0 Å². The Kier molecular flexibility index (Phi) is 5.76. The van der Waals surface area contributed by atoms with Crippen LogP contribution in [0.3, 0.4) is 0 Å². The summed E-state index contributed by atoms with van der Waals surface area (Å²) in [5.74, 6) is -2.00. The van der Waals surface area contributed by atoms with Gasteiger partial charge in [-0.3, -0.25) is 4.79 Å². The SMILES string of the molecule is CCN(Cc1ccccc1)C(=O)c1ccc(Nc2ccc(F)c(F)c2)cn1. The summed E-state index contributed by atoms with van der Waals surface area (Å²) in [6, 6.07) is 16.6.